The molecule has 6 heteroatoms. The second-order valence-electron chi connectivity index (χ2n) is 5.98. The van der Waals surface area contributed by atoms with Crippen LogP contribution in [-0.4, -0.2) is 39.4 Å². The Morgan fingerprint density at radius 2 is 2.18 bits per heavy atom. The lowest BCUT2D eigenvalue weighted by molar-refractivity contribution is -0.0470. The molecule has 1 aliphatic rings. The van der Waals surface area contributed by atoms with Gasteiger partial charge in [-0.25, -0.2) is 4.98 Å². The van der Waals surface area contributed by atoms with Gasteiger partial charge >= 0.3 is 0 Å². The van der Waals surface area contributed by atoms with Crippen molar-refractivity contribution in [2.24, 2.45) is 7.05 Å². The number of rotatable bonds is 2. The summed E-state index contributed by atoms with van der Waals surface area (Å²) in [5, 5.41) is 4.26. The van der Waals surface area contributed by atoms with E-state index < -0.39 is 0 Å². The summed E-state index contributed by atoms with van der Waals surface area (Å²) in [7, 11) is 1.92. The molecule has 22 heavy (non-hydrogen) atoms. The van der Waals surface area contributed by atoms with Crippen molar-refractivity contribution in [3.63, 3.8) is 0 Å². The molecule has 3 heterocycles. The highest BCUT2D eigenvalue weighted by molar-refractivity contribution is 5.77. The molecule has 0 aliphatic carbocycles. The lowest BCUT2D eigenvalue weighted by Crippen LogP contribution is -2.48. The number of hydrogen-bond acceptors (Lipinski definition) is 4. The molecule has 0 amide bonds. The molecule has 6 nitrogen and oxygen atoms in total. The van der Waals surface area contributed by atoms with Crippen LogP contribution in [0.3, 0.4) is 0 Å². The fraction of sp³-hybridized carbons (Fsp3) is 0.375. The molecule has 2 aromatic heterocycles. The standard InChI is InChI=1S/C16H19N5O/c1-16(12-9-17-20(2)10-12)11-21(7-8-22-16)15-18-13-5-3-4-6-14(13)19-15/h3-6,9-10H,7-8,11H2,1-2H3,(H,18,19). The lowest BCUT2D eigenvalue weighted by atomic mass is 9.97. The third-order valence-electron chi connectivity index (χ3n) is 4.27. The molecular formula is C16H19N5O. The zero-order chi connectivity index (χ0) is 15.2. The van der Waals surface area contributed by atoms with E-state index in [0.717, 1.165) is 35.6 Å². The molecule has 1 unspecified atom stereocenters. The van der Waals surface area contributed by atoms with Crippen LogP contribution in [-0.2, 0) is 17.4 Å². The van der Waals surface area contributed by atoms with E-state index in [9.17, 15) is 0 Å². The highest BCUT2D eigenvalue weighted by Gasteiger charge is 2.36. The Labute approximate surface area is 128 Å². The SMILES string of the molecule is Cn1cc(C2(C)CN(c3nc4ccccc4[nH]3)CCO2)cn1. The van der Waals surface area contributed by atoms with Crippen LogP contribution in [0.1, 0.15) is 12.5 Å². The van der Waals surface area contributed by atoms with Crippen LogP contribution in [0.25, 0.3) is 11.0 Å². The molecular weight excluding hydrogens is 278 g/mol. The number of hydrogen-bond donors (Lipinski definition) is 1. The summed E-state index contributed by atoms with van der Waals surface area (Å²) in [4.78, 5) is 10.3. The number of ether oxygens (including phenoxy) is 1. The van der Waals surface area contributed by atoms with Gasteiger partial charge < -0.3 is 14.6 Å². The predicted molar refractivity (Wildman–Crippen MR) is 84.8 cm³/mol. The van der Waals surface area contributed by atoms with Gasteiger partial charge in [-0.1, -0.05) is 12.1 Å². The van der Waals surface area contributed by atoms with Crippen molar-refractivity contribution in [1.29, 1.82) is 0 Å². The van der Waals surface area contributed by atoms with E-state index in [1.165, 1.54) is 0 Å². The van der Waals surface area contributed by atoms with Crippen LogP contribution in [0.15, 0.2) is 36.7 Å². The number of anilines is 1. The molecule has 1 aliphatic heterocycles. The predicted octanol–water partition coefficient (Wildman–Crippen LogP) is 2.05. The van der Waals surface area contributed by atoms with Crippen LogP contribution in [0.2, 0.25) is 0 Å². The highest BCUT2D eigenvalue weighted by Crippen LogP contribution is 2.31. The van der Waals surface area contributed by atoms with Crippen LogP contribution in [0, 0.1) is 0 Å². The molecule has 0 radical (unpaired) electrons. The number of imidazole rings is 1. The number of aryl methyl sites for hydroxylation is 1. The Hall–Kier alpha value is -2.34. The first-order valence-corrected chi connectivity index (χ1v) is 7.47. The monoisotopic (exact) mass is 297 g/mol. The highest BCUT2D eigenvalue weighted by atomic mass is 16.5. The minimum atomic E-state index is -0.370. The smallest absolute Gasteiger partial charge is 0.204 e. The van der Waals surface area contributed by atoms with E-state index in [0.29, 0.717) is 6.61 Å². The van der Waals surface area contributed by atoms with E-state index in [2.05, 4.69) is 21.9 Å². The maximum atomic E-state index is 6.05. The minimum absolute atomic E-state index is 0.370. The lowest BCUT2D eigenvalue weighted by Gasteiger charge is -2.39. The number of nitrogens with one attached hydrogen (secondary N) is 1. The molecule has 1 aromatic carbocycles. The van der Waals surface area contributed by atoms with Crippen molar-refractivity contribution in [2.45, 2.75) is 12.5 Å². The fourth-order valence-corrected chi connectivity index (χ4v) is 3.01. The van der Waals surface area contributed by atoms with Crippen LogP contribution >= 0.6 is 0 Å². The summed E-state index contributed by atoms with van der Waals surface area (Å²) < 4.78 is 7.86. The Kier molecular flexibility index (Phi) is 2.94. The van der Waals surface area contributed by atoms with E-state index in [1.54, 1.807) is 0 Å². The molecule has 0 spiro atoms. The van der Waals surface area contributed by atoms with Crippen molar-refractivity contribution >= 4 is 17.0 Å². The average molecular weight is 297 g/mol. The molecule has 4 rings (SSSR count). The number of fused-ring (bicyclic) bond motifs is 1. The maximum Gasteiger partial charge on any atom is 0.204 e. The first-order chi connectivity index (χ1) is 10.6. The number of H-pyrrole nitrogens is 1. The summed E-state index contributed by atoms with van der Waals surface area (Å²) >= 11 is 0. The van der Waals surface area contributed by atoms with Gasteiger partial charge in [0.15, 0.2) is 0 Å². The summed E-state index contributed by atoms with van der Waals surface area (Å²) in [6.07, 6.45) is 3.89. The van der Waals surface area contributed by atoms with Gasteiger partial charge in [0.1, 0.15) is 5.60 Å². The van der Waals surface area contributed by atoms with E-state index in [4.69, 9.17) is 9.72 Å². The second kappa shape index (κ2) is 4.84. The zero-order valence-electron chi connectivity index (χ0n) is 12.8. The molecule has 1 fully saturated rings. The van der Waals surface area contributed by atoms with Crippen LogP contribution in [0.5, 0.6) is 0 Å². The van der Waals surface area contributed by atoms with Gasteiger partial charge in [0, 0.05) is 25.4 Å². The zero-order valence-corrected chi connectivity index (χ0v) is 12.8. The number of para-hydroxylation sites is 2. The van der Waals surface area contributed by atoms with E-state index in [1.807, 2.05) is 48.4 Å². The van der Waals surface area contributed by atoms with E-state index >= 15 is 0 Å². The molecule has 1 N–H and O–H groups in total. The summed E-state index contributed by atoms with van der Waals surface area (Å²) in [6, 6.07) is 8.10. The molecule has 1 atom stereocenters. The number of benzene rings is 1. The Balaban J connectivity index is 1.65. The van der Waals surface area contributed by atoms with Gasteiger partial charge in [-0.15, -0.1) is 0 Å². The normalized spacial score (nSPS) is 22.4. The second-order valence-corrected chi connectivity index (χ2v) is 5.98. The summed E-state index contributed by atoms with van der Waals surface area (Å²) in [5.41, 5.74) is 2.78. The molecule has 0 saturated carbocycles. The molecule has 3 aromatic rings. The average Bonchev–Trinajstić information content (AvgIpc) is 3.13. The Morgan fingerprint density at radius 3 is 2.95 bits per heavy atom. The van der Waals surface area contributed by atoms with Crippen molar-refractivity contribution in [1.82, 2.24) is 19.7 Å². The largest absolute Gasteiger partial charge is 0.367 e. The first kappa shape index (κ1) is 13.3. The molecule has 114 valence electrons. The van der Waals surface area contributed by atoms with Crippen molar-refractivity contribution in [3.8, 4) is 0 Å². The summed E-state index contributed by atoms with van der Waals surface area (Å²) in [5.74, 6) is 0.902. The Bertz CT molecular complexity index is 775. The van der Waals surface area contributed by atoms with Crippen molar-refractivity contribution in [2.75, 3.05) is 24.6 Å². The van der Waals surface area contributed by atoms with E-state index in [-0.39, 0.29) is 5.60 Å². The number of aromatic nitrogens is 4. The maximum absolute atomic E-state index is 6.05. The van der Waals surface area contributed by atoms with Gasteiger partial charge in [-0.3, -0.25) is 4.68 Å². The van der Waals surface area contributed by atoms with Gasteiger partial charge in [0.25, 0.3) is 0 Å². The van der Waals surface area contributed by atoms with Gasteiger partial charge in [0.2, 0.25) is 5.95 Å². The quantitative estimate of drug-likeness (QED) is 0.786. The van der Waals surface area contributed by atoms with Gasteiger partial charge in [-0.05, 0) is 19.1 Å². The molecule has 1 saturated heterocycles. The van der Waals surface area contributed by atoms with Crippen molar-refractivity contribution in [3.05, 3.63) is 42.2 Å². The minimum Gasteiger partial charge on any atom is -0.367 e. The van der Waals surface area contributed by atoms with Crippen molar-refractivity contribution < 1.29 is 4.74 Å². The van der Waals surface area contributed by atoms with Gasteiger partial charge in [0.05, 0.1) is 30.4 Å². The third-order valence-corrected chi connectivity index (χ3v) is 4.27. The molecule has 0 bridgehead atoms. The number of morpholine rings is 1. The van der Waals surface area contributed by atoms with Crippen LogP contribution < -0.4 is 4.90 Å². The first-order valence-electron chi connectivity index (χ1n) is 7.47. The summed E-state index contributed by atoms with van der Waals surface area (Å²) in [6.45, 7) is 4.36. The Morgan fingerprint density at radius 1 is 1.32 bits per heavy atom. The topological polar surface area (TPSA) is 59.0 Å². The number of aromatic amines is 1. The third kappa shape index (κ3) is 2.16. The fourth-order valence-electron chi connectivity index (χ4n) is 3.01. The van der Waals surface area contributed by atoms with Crippen LogP contribution in [0.4, 0.5) is 5.95 Å². The number of nitrogens with zero attached hydrogens (tertiary/aromatic N) is 4. The van der Waals surface area contributed by atoms with Gasteiger partial charge in [-0.2, -0.15) is 5.10 Å².